The molecule has 0 aliphatic heterocycles. The lowest BCUT2D eigenvalue weighted by Gasteiger charge is -2.14. The maximum Gasteiger partial charge on any atom is 0.413 e. The van der Waals surface area contributed by atoms with Crippen molar-refractivity contribution in [2.45, 2.75) is 31.3 Å². The topological polar surface area (TPSA) is 119 Å². The van der Waals surface area contributed by atoms with Gasteiger partial charge in [-0.3, -0.25) is 15.1 Å². The summed E-state index contributed by atoms with van der Waals surface area (Å²) < 4.78 is 9.22. The summed E-state index contributed by atoms with van der Waals surface area (Å²) in [5.74, 6) is -0.352. The van der Waals surface area contributed by atoms with Gasteiger partial charge in [0.25, 0.3) is 0 Å². The molecule has 1 fully saturated rings. The fraction of sp³-hybridized carbons (Fsp3) is 0.222. The zero-order valence-corrected chi connectivity index (χ0v) is 22.2. The number of aliphatic carboxylic acids is 1. The quantitative estimate of drug-likeness (QED) is 0.248. The summed E-state index contributed by atoms with van der Waals surface area (Å²) in [4.78, 5) is 30.6. The number of nitrogens with zero attached hydrogens (tertiary/aromatic N) is 4. The van der Waals surface area contributed by atoms with E-state index in [-0.39, 0.29) is 0 Å². The van der Waals surface area contributed by atoms with Gasteiger partial charge in [-0.15, -0.1) is 27.8 Å². The number of rotatable bonds is 7. The number of carbonyl (C=O) groups excluding carboxylic acids is 1. The van der Waals surface area contributed by atoms with Crippen LogP contribution in [0.15, 0.2) is 60.8 Å². The van der Waals surface area contributed by atoms with Gasteiger partial charge in [-0.25, -0.2) is 9.48 Å². The molecule has 0 saturated heterocycles. The number of thiophene rings is 2. The summed E-state index contributed by atoms with van der Waals surface area (Å²) >= 11 is 3.18. The van der Waals surface area contributed by atoms with E-state index >= 15 is 0 Å². The molecule has 1 aromatic carbocycles. The zero-order chi connectivity index (χ0) is 26.4. The number of anilines is 1. The summed E-state index contributed by atoms with van der Waals surface area (Å²) in [6, 6.07) is 17.4. The van der Waals surface area contributed by atoms with Gasteiger partial charge in [-0.05, 0) is 43.5 Å². The first kappa shape index (κ1) is 24.3. The monoisotopic (exact) mass is 545 g/mol. The zero-order valence-electron chi connectivity index (χ0n) is 20.5. The molecular weight excluding hydrogens is 522 g/mol. The molecule has 1 aliphatic carbocycles. The molecule has 4 heterocycles. The minimum absolute atomic E-state index is 0.408. The van der Waals surface area contributed by atoms with Crippen molar-refractivity contribution in [2.24, 2.45) is 7.05 Å². The van der Waals surface area contributed by atoms with Crippen molar-refractivity contribution in [3.8, 4) is 21.0 Å². The number of amides is 1. The van der Waals surface area contributed by atoms with Crippen LogP contribution in [0.4, 0.5) is 10.6 Å². The van der Waals surface area contributed by atoms with E-state index in [0.717, 1.165) is 30.3 Å². The van der Waals surface area contributed by atoms with Crippen molar-refractivity contribution < 1.29 is 19.4 Å². The summed E-state index contributed by atoms with van der Waals surface area (Å²) in [5.41, 5.74) is 2.23. The average Bonchev–Trinajstić information content (AvgIpc) is 3.34. The lowest BCUT2D eigenvalue weighted by atomic mass is 10.0. The molecule has 2 N–H and O–H groups in total. The molecule has 1 saturated carbocycles. The van der Waals surface area contributed by atoms with Crippen molar-refractivity contribution in [3.05, 3.63) is 72.1 Å². The molecule has 0 spiro atoms. The molecule has 1 aliphatic rings. The molecule has 38 heavy (non-hydrogen) atoms. The van der Waals surface area contributed by atoms with Gasteiger partial charge < -0.3 is 9.84 Å². The van der Waals surface area contributed by atoms with Gasteiger partial charge >= 0.3 is 12.1 Å². The third kappa shape index (κ3) is 4.33. The van der Waals surface area contributed by atoms with Crippen LogP contribution in [-0.2, 0) is 22.0 Å². The summed E-state index contributed by atoms with van der Waals surface area (Å²) in [5, 5.41) is 20.7. The number of hydrogen-bond acceptors (Lipinski definition) is 8. The van der Waals surface area contributed by atoms with E-state index in [0.29, 0.717) is 30.0 Å². The van der Waals surface area contributed by atoms with Crippen molar-refractivity contribution in [3.63, 3.8) is 0 Å². The van der Waals surface area contributed by atoms with Crippen LogP contribution in [0.5, 0.6) is 0 Å². The van der Waals surface area contributed by atoms with Crippen LogP contribution in [0.1, 0.15) is 37.1 Å². The Kier molecular flexibility index (Phi) is 5.96. The number of hydrogen-bond donors (Lipinski definition) is 2. The van der Waals surface area contributed by atoms with Crippen LogP contribution in [-0.4, -0.2) is 37.1 Å². The number of fused-ring (bicyclic) bond motifs is 1. The number of benzene rings is 1. The Morgan fingerprint density at radius 1 is 1.08 bits per heavy atom. The second-order valence-electron chi connectivity index (χ2n) is 9.26. The van der Waals surface area contributed by atoms with E-state index in [2.05, 4.69) is 26.7 Å². The molecule has 192 valence electrons. The normalized spacial score (nSPS) is 14.8. The highest BCUT2D eigenvalue weighted by Crippen LogP contribution is 2.48. The maximum atomic E-state index is 12.6. The van der Waals surface area contributed by atoms with Crippen LogP contribution < -0.4 is 5.32 Å². The SMILES string of the molecule is CC(OC(=O)Nc1c(-c2cc3sc(-c4ccc(C5(C(=O)O)CC5)nc4)cc3s2)nnn1C)c1ccccc1. The van der Waals surface area contributed by atoms with E-state index < -0.39 is 23.6 Å². The lowest BCUT2D eigenvalue weighted by Crippen LogP contribution is -2.20. The van der Waals surface area contributed by atoms with E-state index in [1.54, 1.807) is 35.9 Å². The van der Waals surface area contributed by atoms with Gasteiger partial charge in [0.05, 0.1) is 10.6 Å². The number of carboxylic acids is 1. The molecule has 1 atom stereocenters. The van der Waals surface area contributed by atoms with Crippen molar-refractivity contribution in [1.82, 2.24) is 20.0 Å². The number of nitrogens with one attached hydrogen (secondary N) is 1. The van der Waals surface area contributed by atoms with Crippen molar-refractivity contribution in [2.75, 3.05) is 5.32 Å². The fourth-order valence-electron chi connectivity index (χ4n) is 4.36. The molecule has 1 amide bonds. The Hall–Kier alpha value is -4.09. The molecular formula is C27H23N5O4S2. The summed E-state index contributed by atoms with van der Waals surface area (Å²) in [6.07, 6.45) is 2.03. The molecule has 0 radical (unpaired) electrons. The smallest absolute Gasteiger partial charge is 0.413 e. The first-order valence-electron chi connectivity index (χ1n) is 12.0. The third-order valence-corrected chi connectivity index (χ3v) is 9.09. The largest absolute Gasteiger partial charge is 0.481 e. The Balaban J connectivity index is 1.20. The van der Waals surface area contributed by atoms with Crippen LogP contribution >= 0.6 is 22.7 Å². The van der Waals surface area contributed by atoms with Crippen LogP contribution in [0.25, 0.3) is 30.4 Å². The van der Waals surface area contributed by atoms with Gasteiger partial charge in [0, 0.05) is 33.1 Å². The van der Waals surface area contributed by atoms with Gasteiger partial charge in [0.1, 0.15) is 17.2 Å². The number of carboxylic acid groups (broad SMARTS) is 1. The Labute approximate surface area is 225 Å². The van der Waals surface area contributed by atoms with Gasteiger partial charge in [0.2, 0.25) is 0 Å². The lowest BCUT2D eigenvalue weighted by molar-refractivity contribution is -0.140. The predicted molar refractivity (Wildman–Crippen MR) is 146 cm³/mol. The number of aryl methyl sites for hydroxylation is 1. The van der Waals surface area contributed by atoms with Crippen LogP contribution in [0.3, 0.4) is 0 Å². The average molecular weight is 546 g/mol. The Bertz CT molecular complexity index is 1620. The van der Waals surface area contributed by atoms with Crippen molar-refractivity contribution >= 4 is 50.0 Å². The van der Waals surface area contributed by atoms with E-state index in [1.807, 2.05) is 55.5 Å². The minimum Gasteiger partial charge on any atom is -0.481 e. The highest BCUT2D eigenvalue weighted by atomic mass is 32.1. The van der Waals surface area contributed by atoms with Crippen molar-refractivity contribution in [1.29, 1.82) is 0 Å². The van der Waals surface area contributed by atoms with Crippen LogP contribution in [0, 0.1) is 0 Å². The molecule has 9 nitrogen and oxygen atoms in total. The molecule has 11 heteroatoms. The second kappa shape index (κ2) is 9.34. The number of aromatic nitrogens is 4. The summed E-state index contributed by atoms with van der Waals surface area (Å²) in [6.45, 7) is 1.82. The molecule has 5 aromatic rings. The fourth-order valence-corrected chi connectivity index (χ4v) is 6.74. The van der Waals surface area contributed by atoms with Crippen LogP contribution in [0.2, 0.25) is 0 Å². The Morgan fingerprint density at radius 3 is 2.45 bits per heavy atom. The van der Waals surface area contributed by atoms with E-state index in [9.17, 15) is 14.7 Å². The first-order chi connectivity index (χ1) is 18.3. The highest BCUT2D eigenvalue weighted by molar-refractivity contribution is 7.31. The number of carbonyl (C=O) groups is 2. The second-order valence-corrected chi connectivity index (χ2v) is 11.4. The molecule has 4 aromatic heterocycles. The van der Waals surface area contributed by atoms with E-state index in [4.69, 9.17) is 4.74 Å². The highest BCUT2D eigenvalue weighted by Gasteiger charge is 2.53. The maximum absolute atomic E-state index is 12.6. The summed E-state index contributed by atoms with van der Waals surface area (Å²) in [7, 11) is 1.72. The van der Waals surface area contributed by atoms with Gasteiger partial charge in [0.15, 0.2) is 5.82 Å². The third-order valence-electron chi connectivity index (χ3n) is 6.74. The Morgan fingerprint density at radius 2 is 1.79 bits per heavy atom. The predicted octanol–water partition coefficient (Wildman–Crippen LogP) is 6.25. The van der Waals surface area contributed by atoms with Gasteiger partial charge in [-0.1, -0.05) is 41.6 Å². The van der Waals surface area contributed by atoms with E-state index in [1.165, 1.54) is 4.68 Å². The minimum atomic E-state index is -0.808. The molecule has 6 rings (SSSR count). The first-order valence-corrected chi connectivity index (χ1v) is 13.6. The van der Waals surface area contributed by atoms with Gasteiger partial charge in [-0.2, -0.15) is 0 Å². The number of pyridine rings is 1. The number of ether oxygens (including phenoxy) is 1. The molecule has 0 bridgehead atoms. The standard InChI is InChI=1S/C27H23N5O4S2/c1-15(16-6-4-3-5-7-16)36-26(35)29-24-23(30-31-32(24)2)21-13-20-19(38-21)12-18(37-20)17-8-9-22(28-14-17)27(10-11-27)25(33)34/h3-9,12-15H,10-11H2,1-2H3,(H,29,35)(H,33,34). The molecule has 1 unspecified atom stereocenters.